The lowest BCUT2D eigenvalue weighted by molar-refractivity contribution is -0.136. The number of amides is 4. The third-order valence-electron chi connectivity index (χ3n) is 11.8. The van der Waals surface area contributed by atoms with Gasteiger partial charge in [-0.3, -0.25) is 39.0 Å². The first kappa shape index (κ1) is 33.1. The van der Waals surface area contributed by atoms with E-state index in [-0.39, 0.29) is 42.4 Å². The van der Waals surface area contributed by atoms with E-state index in [9.17, 15) is 27.6 Å². The summed E-state index contributed by atoms with van der Waals surface area (Å²) >= 11 is 0. The molecule has 5 aromatic rings. The van der Waals surface area contributed by atoms with Gasteiger partial charge in [-0.25, -0.2) is 32.2 Å². The highest BCUT2D eigenvalue weighted by Gasteiger charge is 2.47. The van der Waals surface area contributed by atoms with Crippen LogP contribution >= 0.6 is 0 Å². The Balaban J connectivity index is 0.860. The Bertz CT molecular complexity index is 3210. The predicted octanol–water partition coefficient (Wildman–Crippen LogP) is 3.47. The van der Waals surface area contributed by atoms with Gasteiger partial charge in [0.25, 0.3) is 21.8 Å². The second-order valence-corrected chi connectivity index (χ2v) is 18.5. The molecule has 0 radical (unpaired) electrons. The van der Waals surface area contributed by atoms with Gasteiger partial charge in [0.2, 0.25) is 11.8 Å². The SMILES string of the molecule is [2H]C1([2H])N(CC2CCN(c3nn(C(C)C)c4cc(Nc5ccnc(-c6cnn(S(=O)(=O)C7CC7)c6)n5)ncc34)CC2)C([2H])([2H])C([2H])([2H])N(c2c(F)cc3c(c2F)C(=O)N(C2CCC(=O)NC2=O)C3=O)C1([2H])[2H]. The van der Waals surface area contributed by atoms with Crippen LogP contribution in [0.3, 0.4) is 0 Å². The van der Waals surface area contributed by atoms with Crippen molar-refractivity contribution in [2.75, 3.05) is 60.7 Å². The molecule has 4 aromatic heterocycles. The minimum atomic E-state index is -3.75. The third kappa shape index (κ3) is 7.40. The number of hydrogen-bond acceptors (Lipinski definition) is 15. The lowest BCUT2D eigenvalue weighted by atomic mass is 9.95. The molecule has 3 saturated heterocycles. The molecule has 4 aliphatic heterocycles. The van der Waals surface area contributed by atoms with Gasteiger partial charge in [-0.05, 0) is 64.0 Å². The van der Waals surface area contributed by atoms with Crippen LogP contribution in [0.4, 0.5) is 31.9 Å². The van der Waals surface area contributed by atoms with E-state index < -0.39 is 112 Å². The third-order valence-corrected chi connectivity index (χ3v) is 13.8. The molecule has 22 heteroatoms. The fraction of sp³-hybridized carbons (Fsp3) is 0.452. The van der Waals surface area contributed by atoms with Crippen LogP contribution in [0.2, 0.25) is 0 Å². The Hall–Kier alpha value is -6.42. The standard InChI is InChI=1S/C42H45F2N13O6S/c1-23(2)57-31-18-33(48-32-7-10-45-38(49-32)25-19-47-55(22-25)64(62,63)26-3-4-26)46-20-28(31)39(51-57)54-11-8-24(9-12-54)21-52-13-15-53(16-14-52)37-29(43)17-27-35(36(37)44)42(61)56(41(27)60)30-5-6-34(58)50-40(30)59/h7,10,17-20,22-24,26,30H,3-6,8-9,11-16,21H2,1-2H3,(H,50,58,59)(H,45,46,48,49)/i13D2,14D2,15D2,16D2. The number of imide groups is 2. The van der Waals surface area contributed by atoms with Crippen LogP contribution in [0.1, 0.15) is 90.1 Å². The van der Waals surface area contributed by atoms with Gasteiger partial charge in [0.05, 0.1) is 50.7 Å². The average Bonchev–Trinajstić information content (AvgIpc) is 3.86. The zero-order chi connectivity index (χ0) is 51.8. The molecular weight excluding hydrogens is 853 g/mol. The van der Waals surface area contributed by atoms with E-state index >= 15 is 8.78 Å². The number of fused-ring (bicyclic) bond motifs is 2. The summed E-state index contributed by atoms with van der Waals surface area (Å²) in [5.74, 6) is -7.27. The number of halogens is 2. The molecule has 334 valence electrons. The van der Waals surface area contributed by atoms with E-state index in [0.717, 1.165) is 4.09 Å². The molecule has 1 saturated carbocycles. The zero-order valence-electron chi connectivity index (χ0n) is 42.2. The first-order valence-electron chi connectivity index (χ1n) is 24.6. The van der Waals surface area contributed by atoms with Gasteiger partial charge in [-0.1, -0.05) is 0 Å². The van der Waals surface area contributed by atoms with Crippen molar-refractivity contribution in [3.8, 4) is 11.4 Å². The number of piperidine rings is 2. The molecular formula is C42H45F2N13O6S. The maximum absolute atomic E-state index is 16.7. The highest BCUT2D eigenvalue weighted by atomic mass is 32.2. The van der Waals surface area contributed by atoms with Crippen molar-refractivity contribution in [3.63, 3.8) is 0 Å². The summed E-state index contributed by atoms with van der Waals surface area (Å²) in [5, 5.41) is 14.3. The molecule has 19 nitrogen and oxygen atoms in total. The summed E-state index contributed by atoms with van der Waals surface area (Å²) in [6, 6.07) is 2.03. The second-order valence-electron chi connectivity index (χ2n) is 16.4. The fourth-order valence-corrected chi connectivity index (χ4v) is 9.78. The Morgan fingerprint density at radius 2 is 1.70 bits per heavy atom. The molecule has 1 aromatic carbocycles. The minimum absolute atomic E-state index is 0.120. The number of anilines is 4. The molecule has 0 spiro atoms. The molecule has 8 heterocycles. The maximum Gasteiger partial charge on any atom is 0.265 e. The van der Waals surface area contributed by atoms with Crippen molar-refractivity contribution in [1.82, 2.24) is 49.0 Å². The highest BCUT2D eigenvalue weighted by molar-refractivity contribution is 7.90. The molecule has 4 fully saturated rings. The van der Waals surface area contributed by atoms with E-state index in [1.165, 1.54) is 18.6 Å². The van der Waals surface area contributed by atoms with Gasteiger partial charge < -0.3 is 15.1 Å². The molecule has 64 heavy (non-hydrogen) atoms. The summed E-state index contributed by atoms with van der Waals surface area (Å²) in [5.41, 5.74) is -2.58. The van der Waals surface area contributed by atoms with Crippen molar-refractivity contribution >= 4 is 67.7 Å². The highest BCUT2D eigenvalue weighted by Crippen LogP contribution is 2.38. The smallest absolute Gasteiger partial charge is 0.265 e. The van der Waals surface area contributed by atoms with Gasteiger partial charge in [0.15, 0.2) is 17.5 Å². The molecule has 0 bridgehead atoms. The van der Waals surface area contributed by atoms with Crippen LogP contribution in [0.15, 0.2) is 43.0 Å². The van der Waals surface area contributed by atoms with E-state index in [1.54, 1.807) is 18.3 Å². The van der Waals surface area contributed by atoms with Crippen molar-refractivity contribution in [3.05, 3.63) is 65.7 Å². The number of aromatic nitrogens is 7. The Morgan fingerprint density at radius 1 is 0.938 bits per heavy atom. The number of pyridine rings is 1. The summed E-state index contributed by atoms with van der Waals surface area (Å²) in [6.45, 7) is -10.6. The van der Waals surface area contributed by atoms with Crippen LogP contribution in [0.5, 0.6) is 0 Å². The number of rotatable bonds is 11. The van der Waals surface area contributed by atoms with Gasteiger partial charge >= 0.3 is 0 Å². The topological polar surface area (TPSA) is 214 Å². The van der Waals surface area contributed by atoms with Crippen molar-refractivity contribution in [2.45, 2.75) is 69.7 Å². The van der Waals surface area contributed by atoms with Crippen LogP contribution in [-0.4, -0.2) is 133 Å². The predicted molar refractivity (Wildman–Crippen MR) is 228 cm³/mol. The summed E-state index contributed by atoms with van der Waals surface area (Å²) in [6.07, 6.45) is 7.01. The number of hydrogen-bond donors (Lipinski definition) is 2. The molecule has 4 amide bonds. The van der Waals surface area contributed by atoms with Gasteiger partial charge in [0, 0.05) is 82.0 Å². The molecule has 10 rings (SSSR count). The van der Waals surface area contributed by atoms with Crippen LogP contribution in [0, 0.1) is 17.6 Å². The number of benzene rings is 1. The largest absolute Gasteiger partial charge is 0.364 e. The lowest BCUT2D eigenvalue weighted by Gasteiger charge is -2.40. The lowest BCUT2D eigenvalue weighted by Crippen LogP contribution is -2.54. The number of nitrogens with one attached hydrogen (secondary N) is 2. The second kappa shape index (κ2) is 16.0. The van der Waals surface area contributed by atoms with Crippen molar-refractivity contribution in [1.29, 1.82) is 0 Å². The van der Waals surface area contributed by atoms with E-state index in [2.05, 4.69) is 25.4 Å². The number of carbonyl (C=O) groups excluding carboxylic acids is 4. The number of nitrogens with zero attached hydrogens (tertiary/aromatic N) is 11. The Labute approximate surface area is 377 Å². The van der Waals surface area contributed by atoms with Crippen LogP contribution in [0.25, 0.3) is 22.3 Å². The summed E-state index contributed by atoms with van der Waals surface area (Å²) in [7, 11) is -3.59. The minimum Gasteiger partial charge on any atom is -0.364 e. The van der Waals surface area contributed by atoms with E-state index in [4.69, 9.17) is 16.1 Å². The molecule has 1 aliphatic carbocycles. The Kier molecular flexibility index (Phi) is 8.28. The van der Waals surface area contributed by atoms with Crippen molar-refractivity contribution in [2.24, 2.45) is 5.92 Å². The maximum atomic E-state index is 16.7. The zero-order valence-corrected chi connectivity index (χ0v) is 35.1. The fourth-order valence-electron chi connectivity index (χ4n) is 8.30. The molecule has 5 aliphatic rings. The van der Waals surface area contributed by atoms with Gasteiger partial charge in [0.1, 0.15) is 29.2 Å². The van der Waals surface area contributed by atoms with Crippen LogP contribution in [-0.2, 0) is 19.6 Å². The van der Waals surface area contributed by atoms with Gasteiger partial charge in [-0.2, -0.15) is 14.3 Å². The molecule has 1 unspecified atom stereocenters. The van der Waals surface area contributed by atoms with Crippen molar-refractivity contribution < 1.29 is 47.3 Å². The average molecular weight is 906 g/mol. The van der Waals surface area contributed by atoms with Crippen LogP contribution < -0.4 is 20.4 Å². The first-order valence-corrected chi connectivity index (χ1v) is 22.1. The quantitative estimate of drug-likeness (QED) is 0.182. The normalized spacial score (nSPS) is 25.2. The first-order chi connectivity index (χ1) is 33.8. The molecule has 2 N–H and O–H groups in total. The molecule has 1 atom stereocenters. The summed E-state index contributed by atoms with van der Waals surface area (Å²) < 4.78 is 133. The number of piperazine rings is 1. The van der Waals surface area contributed by atoms with Gasteiger partial charge in [-0.15, -0.1) is 0 Å². The summed E-state index contributed by atoms with van der Waals surface area (Å²) in [4.78, 5) is 67.1. The van der Waals surface area contributed by atoms with E-state index in [1.807, 2.05) is 28.7 Å². The Morgan fingerprint density at radius 3 is 2.42 bits per heavy atom. The number of carbonyl (C=O) groups is 4. The van der Waals surface area contributed by atoms with E-state index in [0.29, 0.717) is 75.7 Å². The monoisotopic (exact) mass is 905 g/mol.